The number of benzene rings is 3. The summed E-state index contributed by atoms with van der Waals surface area (Å²) in [5.41, 5.74) is 6.76. The molecule has 0 saturated heterocycles. The average molecular weight is 489 g/mol. The maximum atomic E-state index is 12.9. The van der Waals surface area contributed by atoms with E-state index in [2.05, 4.69) is 5.32 Å². The van der Waals surface area contributed by atoms with Gasteiger partial charge in [0.15, 0.2) is 6.61 Å². The van der Waals surface area contributed by atoms with Crippen LogP contribution in [0.25, 0.3) is 0 Å². The largest absolute Gasteiger partial charge is 0.484 e. The maximum Gasteiger partial charge on any atom is 0.255 e. The second kappa shape index (κ2) is 11.3. The number of nitrogens with two attached hydrogens (primary N) is 1. The first-order valence-electron chi connectivity index (χ1n) is 10.2. The summed E-state index contributed by atoms with van der Waals surface area (Å²) < 4.78 is 31.1. The van der Waals surface area contributed by atoms with Crippen molar-refractivity contribution < 1.29 is 23.1 Å². The van der Waals surface area contributed by atoms with Crippen molar-refractivity contribution in [3.63, 3.8) is 0 Å². The summed E-state index contributed by atoms with van der Waals surface area (Å²) in [4.78, 5) is 11.1. The van der Waals surface area contributed by atoms with Crippen LogP contribution >= 0.6 is 11.6 Å². The number of hydrogen-bond donors (Lipinski definition) is 3. The minimum absolute atomic E-state index is 0.0638. The van der Waals surface area contributed by atoms with Crippen molar-refractivity contribution in [2.45, 2.75) is 22.3 Å². The van der Waals surface area contributed by atoms with Gasteiger partial charge in [0.25, 0.3) is 5.91 Å². The summed E-state index contributed by atoms with van der Waals surface area (Å²) in [5.74, 6) is -0.398. The molecular weight excluding hydrogens is 464 g/mol. The molecule has 0 aliphatic carbocycles. The Labute approximate surface area is 198 Å². The molecule has 4 N–H and O–H groups in total. The predicted octanol–water partition coefficient (Wildman–Crippen LogP) is 2.90. The van der Waals surface area contributed by atoms with E-state index in [1.165, 1.54) is 12.1 Å². The molecule has 3 aromatic carbocycles. The molecular formula is C24H25ClN2O5S. The lowest BCUT2D eigenvalue weighted by Gasteiger charge is -2.13. The van der Waals surface area contributed by atoms with Gasteiger partial charge in [0.05, 0.1) is 15.9 Å². The van der Waals surface area contributed by atoms with Crippen molar-refractivity contribution >= 4 is 27.3 Å². The van der Waals surface area contributed by atoms with Crippen LogP contribution in [0.4, 0.5) is 0 Å². The molecule has 7 nitrogen and oxygen atoms in total. The monoisotopic (exact) mass is 488 g/mol. The van der Waals surface area contributed by atoms with Crippen LogP contribution in [0, 0.1) is 0 Å². The van der Waals surface area contributed by atoms with Crippen LogP contribution in [0.2, 0.25) is 5.02 Å². The van der Waals surface area contributed by atoms with Gasteiger partial charge in [-0.3, -0.25) is 4.79 Å². The summed E-state index contributed by atoms with van der Waals surface area (Å²) >= 11 is 5.95. The fraction of sp³-hybridized carbons (Fsp3) is 0.208. The highest BCUT2D eigenvalue weighted by atomic mass is 35.5. The van der Waals surface area contributed by atoms with Crippen LogP contribution in [0.15, 0.2) is 82.6 Å². The number of amides is 1. The lowest BCUT2D eigenvalue weighted by atomic mass is 10.1. The van der Waals surface area contributed by atoms with Gasteiger partial charge in [-0.25, -0.2) is 8.42 Å². The Morgan fingerprint density at radius 1 is 1.03 bits per heavy atom. The van der Waals surface area contributed by atoms with Gasteiger partial charge in [0.2, 0.25) is 9.84 Å². The molecule has 0 unspecified atom stereocenters. The summed E-state index contributed by atoms with van der Waals surface area (Å²) in [5, 5.41) is 14.0. The molecule has 0 aromatic heterocycles. The highest BCUT2D eigenvalue weighted by Crippen LogP contribution is 2.25. The predicted molar refractivity (Wildman–Crippen MR) is 126 cm³/mol. The van der Waals surface area contributed by atoms with Gasteiger partial charge in [-0.15, -0.1) is 0 Å². The van der Waals surface area contributed by atoms with E-state index < -0.39 is 21.8 Å². The Morgan fingerprint density at radius 2 is 1.76 bits per heavy atom. The number of hydrogen-bond acceptors (Lipinski definition) is 6. The van der Waals surface area contributed by atoms with Crippen molar-refractivity contribution in [1.29, 1.82) is 0 Å². The zero-order chi connectivity index (χ0) is 23.8. The van der Waals surface area contributed by atoms with Crippen molar-refractivity contribution in [3.05, 3.63) is 88.9 Å². The zero-order valence-corrected chi connectivity index (χ0v) is 19.4. The van der Waals surface area contributed by atoms with E-state index in [4.69, 9.17) is 22.1 Å². The SMILES string of the molecule is NC(=O)COc1cccc(S(=O)(=O)c2ccc(CCNC[C@H](O)c3cccc(Cl)c3)cc2)c1. The van der Waals surface area contributed by atoms with E-state index in [0.29, 0.717) is 24.5 Å². The molecule has 1 atom stereocenters. The second-order valence-electron chi connectivity index (χ2n) is 7.40. The summed E-state index contributed by atoms with van der Waals surface area (Å²) in [6.45, 7) is 0.659. The van der Waals surface area contributed by atoms with Crippen LogP contribution in [0.3, 0.4) is 0 Å². The number of rotatable bonds is 11. The molecule has 0 saturated carbocycles. The summed E-state index contributed by atoms with van der Waals surface area (Å²) in [6.07, 6.45) is -0.00194. The number of carbonyl (C=O) groups is 1. The van der Waals surface area contributed by atoms with Crippen LogP contribution in [0.1, 0.15) is 17.2 Å². The van der Waals surface area contributed by atoms with Gasteiger partial charge in [-0.05, 0) is 66.6 Å². The number of primary amides is 1. The third-order valence-electron chi connectivity index (χ3n) is 4.89. The van der Waals surface area contributed by atoms with Crippen LogP contribution in [-0.4, -0.2) is 39.1 Å². The van der Waals surface area contributed by atoms with Crippen LogP contribution in [-0.2, 0) is 21.1 Å². The summed E-state index contributed by atoms with van der Waals surface area (Å²) in [6, 6.07) is 19.7. The molecule has 33 heavy (non-hydrogen) atoms. The standard InChI is InChI=1S/C24H25ClN2O5S/c25-19-4-1-3-18(13-19)23(28)15-27-12-11-17-7-9-21(10-8-17)33(30,31)22-6-2-5-20(14-22)32-16-24(26)29/h1-10,13-14,23,27-28H,11-12,15-16H2,(H2,26,29)/t23-/m0/s1. The minimum Gasteiger partial charge on any atom is -0.484 e. The molecule has 0 radical (unpaired) electrons. The van der Waals surface area contributed by atoms with Gasteiger partial charge < -0.3 is 20.9 Å². The number of ether oxygens (including phenoxy) is 1. The second-order valence-corrected chi connectivity index (χ2v) is 9.79. The molecule has 1 amide bonds. The Balaban J connectivity index is 1.56. The normalized spacial score (nSPS) is 12.3. The Morgan fingerprint density at radius 3 is 2.45 bits per heavy atom. The van der Waals surface area contributed by atoms with E-state index in [1.54, 1.807) is 54.6 Å². The van der Waals surface area contributed by atoms with Crippen molar-refractivity contribution in [2.75, 3.05) is 19.7 Å². The molecule has 0 bridgehead atoms. The Hall–Kier alpha value is -2.91. The number of aliphatic hydroxyl groups is 1. The molecule has 174 valence electrons. The highest BCUT2D eigenvalue weighted by molar-refractivity contribution is 7.91. The molecule has 0 aliphatic rings. The fourth-order valence-electron chi connectivity index (χ4n) is 3.16. The molecule has 3 rings (SSSR count). The number of aliphatic hydroxyl groups excluding tert-OH is 1. The smallest absolute Gasteiger partial charge is 0.255 e. The molecule has 0 spiro atoms. The van der Waals surface area contributed by atoms with Crippen molar-refractivity contribution in [3.8, 4) is 5.75 Å². The Kier molecular flexibility index (Phi) is 8.46. The molecule has 9 heteroatoms. The lowest BCUT2D eigenvalue weighted by molar-refractivity contribution is -0.119. The van der Waals surface area contributed by atoms with Gasteiger partial charge >= 0.3 is 0 Å². The van der Waals surface area contributed by atoms with E-state index in [0.717, 1.165) is 11.1 Å². The highest BCUT2D eigenvalue weighted by Gasteiger charge is 2.18. The van der Waals surface area contributed by atoms with Gasteiger partial charge in [-0.2, -0.15) is 0 Å². The minimum atomic E-state index is -3.74. The van der Waals surface area contributed by atoms with E-state index in [9.17, 15) is 18.3 Å². The van der Waals surface area contributed by atoms with Crippen LogP contribution in [0.5, 0.6) is 5.75 Å². The Bertz CT molecular complexity index is 1200. The van der Waals surface area contributed by atoms with E-state index in [1.807, 2.05) is 6.07 Å². The number of carbonyl (C=O) groups excluding carboxylic acids is 1. The van der Waals surface area contributed by atoms with Crippen LogP contribution < -0.4 is 15.8 Å². The number of sulfone groups is 1. The topological polar surface area (TPSA) is 119 Å². The molecule has 0 aliphatic heterocycles. The fourth-order valence-corrected chi connectivity index (χ4v) is 4.65. The first kappa shape index (κ1) is 24.7. The van der Waals surface area contributed by atoms with Gasteiger partial charge in [0, 0.05) is 11.6 Å². The van der Waals surface area contributed by atoms with Gasteiger partial charge in [0.1, 0.15) is 5.75 Å². The number of halogens is 1. The van der Waals surface area contributed by atoms with E-state index >= 15 is 0 Å². The van der Waals surface area contributed by atoms with Crippen molar-refractivity contribution in [2.24, 2.45) is 5.73 Å². The molecule has 0 heterocycles. The summed E-state index contributed by atoms with van der Waals surface area (Å²) in [7, 11) is -3.74. The third kappa shape index (κ3) is 7.03. The third-order valence-corrected chi connectivity index (χ3v) is 6.89. The molecule has 0 fully saturated rings. The zero-order valence-electron chi connectivity index (χ0n) is 17.8. The van der Waals surface area contributed by atoms with Gasteiger partial charge in [-0.1, -0.05) is 41.9 Å². The lowest BCUT2D eigenvalue weighted by Crippen LogP contribution is -2.23. The maximum absolute atomic E-state index is 12.9. The first-order chi connectivity index (χ1) is 15.8. The molecule has 3 aromatic rings. The number of nitrogens with one attached hydrogen (secondary N) is 1. The van der Waals surface area contributed by atoms with Crippen molar-refractivity contribution in [1.82, 2.24) is 5.32 Å². The first-order valence-corrected chi connectivity index (χ1v) is 12.1. The average Bonchev–Trinajstić information content (AvgIpc) is 2.81. The quantitative estimate of drug-likeness (QED) is 0.357. The van der Waals surface area contributed by atoms with E-state index in [-0.39, 0.29) is 22.1 Å².